The zero-order valence-electron chi connectivity index (χ0n) is 22.7. The summed E-state index contributed by atoms with van der Waals surface area (Å²) in [6.07, 6.45) is 3.09. The van der Waals surface area contributed by atoms with Crippen LogP contribution in [0.2, 0.25) is 0 Å². The lowest BCUT2D eigenvalue weighted by atomic mass is 9.86. The molecule has 1 saturated heterocycles. The van der Waals surface area contributed by atoms with Gasteiger partial charge in [-0.05, 0) is 98.2 Å². The minimum absolute atomic E-state index is 0.324. The van der Waals surface area contributed by atoms with Crippen LogP contribution in [-0.2, 0) is 17.5 Å². The molecule has 6 nitrogen and oxygen atoms in total. The maximum atomic E-state index is 13.1. The highest BCUT2D eigenvalue weighted by Gasteiger charge is 2.30. The molecular formula is C32H32F3N3O3. The van der Waals surface area contributed by atoms with Crippen molar-refractivity contribution in [3.05, 3.63) is 89.1 Å². The van der Waals surface area contributed by atoms with Crippen molar-refractivity contribution in [2.45, 2.75) is 57.8 Å². The van der Waals surface area contributed by atoms with Crippen LogP contribution in [0.4, 0.5) is 19.0 Å². The fourth-order valence-corrected chi connectivity index (χ4v) is 5.59. The van der Waals surface area contributed by atoms with E-state index in [1.54, 1.807) is 24.4 Å². The molecule has 214 valence electrons. The fraction of sp³-hybridized carbons (Fsp3) is 0.344. The van der Waals surface area contributed by atoms with Gasteiger partial charge in [0.1, 0.15) is 5.82 Å². The van der Waals surface area contributed by atoms with Crippen molar-refractivity contribution in [2.24, 2.45) is 5.92 Å². The molecule has 2 atom stereocenters. The van der Waals surface area contributed by atoms with Crippen molar-refractivity contribution < 1.29 is 27.9 Å². The first-order chi connectivity index (χ1) is 19.6. The topological polar surface area (TPSA) is 82.5 Å². The first kappa shape index (κ1) is 28.5. The average Bonchev–Trinajstić information content (AvgIpc) is 3.37. The van der Waals surface area contributed by atoms with Gasteiger partial charge in [-0.25, -0.2) is 4.98 Å². The summed E-state index contributed by atoms with van der Waals surface area (Å²) in [5, 5.41) is 12.1. The Hall–Kier alpha value is -3.98. The number of carbonyl (C=O) groups excluding carboxylic acids is 1. The van der Waals surface area contributed by atoms with Gasteiger partial charge in [0.05, 0.1) is 11.5 Å². The van der Waals surface area contributed by atoms with Gasteiger partial charge in [-0.2, -0.15) is 13.2 Å². The number of benzene rings is 2. The zero-order chi connectivity index (χ0) is 29.1. The Balaban J connectivity index is 1.34. The third kappa shape index (κ3) is 6.68. The highest BCUT2D eigenvalue weighted by atomic mass is 19.4. The largest absolute Gasteiger partial charge is 0.481 e. The molecule has 2 N–H and O–H groups in total. The summed E-state index contributed by atoms with van der Waals surface area (Å²) >= 11 is 0. The highest BCUT2D eigenvalue weighted by Crippen LogP contribution is 2.34. The molecule has 1 fully saturated rings. The first-order valence-electron chi connectivity index (χ1n) is 13.8. The molecule has 0 spiro atoms. The van der Waals surface area contributed by atoms with Crippen molar-refractivity contribution >= 4 is 23.3 Å². The minimum Gasteiger partial charge on any atom is -0.481 e. The number of pyridine rings is 1. The molecule has 3 aromatic rings. The maximum absolute atomic E-state index is 13.1. The molecule has 5 rings (SSSR count). The number of aliphatic carboxylic acids is 1. The Morgan fingerprint density at radius 2 is 1.76 bits per heavy atom. The second kappa shape index (κ2) is 11.9. The second-order valence-electron chi connectivity index (χ2n) is 10.8. The predicted molar refractivity (Wildman–Crippen MR) is 151 cm³/mol. The number of alkyl halides is 3. The number of allylic oxidation sites excluding steroid dienone is 2. The van der Waals surface area contributed by atoms with Gasteiger partial charge in [-0.1, -0.05) is 30.3 Å². The lowest BCUT2D eigenvalue weighted by Crippen LogP contribution is -2.26. The third-order valence-corrected chi connectivity index (χ3v) is 8.10. The van der Waals surface area contributed by atoms with E-state index < -0.39 is 17.7 Å². The van der Waals surface area contributed by atoms with Crippen LogP contribution in [0.5, 0.6) is 0 Å². The Labute approximate surface area is 236 Å². The van der Waals surface area contributed by atoms with Crippen LogP contribution in [0.3, 0.4) is 0 Å². The molecule has 1 unspecified atom stereocenters. The SMILES string of the molecule is C[C@@H]1CCCN1Cc1cc(NC(=O)c2ccc(C3=CCC(C(=O)O)CC3)cc2)ncc1-c1ccc(C(F)(F)F)cc1. The van der Waals surface area contributed by atoms with Gasteiger partial charge in [0.15, 0.2) is 0 Å². The summed E-state index contributed by atoms with van der Waals surface area (Å²) in [7, 11) is 0. The van der Waals surface area contributed by atoms with Crippen LogP contribution in [0.15, 0.2) is 66.9 Å². The molecule has 0 saturated carbocycles. The van der Waals surface area contributed by atoms with Crippen molar-refractivity contribution in [1.29, 1.82) is 0 Å². The number of carboxylic acids is 1. The number of rotatable bonds is 7. The lowest BCUT2D eigenvalue weighted by molar-refractivity contribution is -0.142. The van der Waals surface area contributed by atoms with Crippen molar-refractivity contribution in [3.8, 4) is 11.1 Å². The van der Waals surface area contributed by atoms with Gasteiger partial charge in [0.25, 0.3) is 5.91 Å². The number of aromatic nitrogens is 1. The molecule has 9 heteroatoms. The number of likely N-dealkylation sites (tertiary alicyclic amines) is 1. The van der Waals surface area contributed by atoms with Crippen LogP contribution in [0.25, 0.3) is 16.7 Å². The van der Waals surface area contributed by atoms with E-state index in [9.17, 15) is 27.9 Å². The summed E-state index contributed by atoms with van der Waals surface area (Å²) < 4.78 is 39.3. The van der Waals surface area contributed by atoms with E-state index in [2.05, 4.69) is 22.1 Å². The number of hydrogen-bond acceptors (Lipinski definition) is 4. The summed E-state index contributed by atoms with van der Waals surface area (Å²) in [6, 6.07) is 14.4. The summed E-state index contributed by atoms with van der Waals surface area (Å²) in [4.78, 5) is 31.0. The summed E-state index contributed by atoms with van der Waals surface area (Å²) in [5.74, 6) is -1.08. The van der Waals surface area contributed by atoms with Gasteiger partial charge in [0, 0.05) is 29.9 Å². The van der Waals surface area contributed by atoms with Crippen LogP contribution >= 0.6 is 0 Å². The number of amides is 1. The smallest absolute Gasteiger partial charge is 0.416 e. The van der Waals surface area contributed by atoms with Gasteiger partial charge in [-0.3, -0.25) is 14.5 Å². The van der Waals surface area contributed by atoms with Crippen LogP contribution in [0.1, 0.15) is 66.1 Å². The average molecular weight is 564 g/mol. The predicted octanol–water partition coefficient (Wildman–Crippen LogP) is 7.27. The Kier molecular flexibility index (Phi) is 8.26. The Morgan fingerprint density at radius 3 is 2.34 bits per heavy atom. The summed E-state index contributed by atoms with van der Waals surface area (Å²) in [5.41, 5.74) is 4.03. The number of nitrogens with zero attached hydrogens (tertiary/aromatic N) is 2. The number of hydrogen-bond donors (Lipinski definition) is 2. The van der Waals surface area contributed by atoms with Gasteiger partial charge in [0.2, 0.25) is 0 Å². The molecule has 1 aliphatic carbocycles. The molecule has 2 aromatic carbocycles. The number of carboxylic acid groups (broad SMARTS) is 1. The fourth-order valence-electron chi connectivity index (χ4n) is 5.59. The quantitative estimate of drug-likeness (QED) is 0.316. The number of anilines is 1. The van der Waals surface area contributed by atoms with E-state index >= 15 is 0 Å². The van der Waals surface area contributed by atoms with E-state index in [1.807, 2.05) is 18.2 Å². The number of carbonyl (C=O) groups is 2. The van der Waals surface area contributed by atoms with Crippen molar-refractivity contribution in [1.82, 2.24) is 9.88 Å². The van der Waals surface area contributed by atoms with Gasteiger partial charge in [-0.15, -0.1) is 0 Å². The molecular weight excluding hydrogens is 531 g/mol. The maximum Gasteiger partial charge on any atom is 0.416 e. The van der Waals surface area contributed by atoms with Gasteiger partial charge < -0.3 is 10.4 Å². The molecule has 2 aliphatic rings. The molecule has 2 heterocycles. The van der Waals surface area contributed by atoms with E-state index in [0.717, 1.165) is 53.8 Å². The number of nitrogens with one attached hydrogen (secondary N) is 1. The van der Waals surface area contributed by atoms with Gasteiger partial charge >= 0.3 is 12.1 Å². The summed E-state index contributed by atoms with van der Waals surface area (Å²) in [6.45, 7) is 3.68. The molecule has 0 bridgehead atoms. The van der Waals surface area contributed by atoms with E-state index in [-0.39, 0.29) is 11.8 Å². The van der Waals surface area contributed by atoms with Crippen LogP contribution in [0, 0.1) is 5.92 Å². The van der Waals surface area contributed by atoms with E-state index in [1.165, 1.54) is 12.1 Å². The van der Waals surface area contributed by atoms with Crippen molar-refractivity contribution in [2.75, 3.05) is 11.9 Å². The zero-order valence-corrected chi connectivity index (χ0v) is 22.7. The lowest BCUT2D eigenvalue weighted by Gasteiger charge is -2.23. The monoisotopic (exact) mass is 563 g/mol. The molecule has 41 heavy (non-hydrogen) atoms. The Bertz CT molecular complexity index is 1450. The minimum atomic E-state index is -4.41. The Morgan fingerprint density at radius 1 is 1.05 bits per heavy atom. The normalized spacial score (nSPS) is 19.6. The van der Waals surface area contributed by atoms with Crippen LogP contribution < -0.4 is 5.32 Å². The van der Waals surface area contributed by atoms with Crippen LogP contribution in [-0.4, -0.2) is 39.5 Å². The van der Waals surface area contributed by atoms with E-state index in [0.29, 0.717) is 48.8 Å². The highest BCUT2D eigenvalue weighted by molar-refractivity contribution is 6.04. The second-order valence-corrected chi connectivity index (χ2v) is 10.8. The third-order valence-electron chi connectivity index (χ3n) is 8.10. The molecule has 1 aliphatic heterocycles. The number of halogens is 3. The molecule has 0 radical (unpaired) electrons. The standard InChI is InChI=1S/C32H32F3N3O3/c1-20-3-2-16-38(20)19-26-17-29(36-18-28(26)23-12-14-27(15-13-23)32(33,34)35)37-30(39)24-8-4-21(5-9-24)22-6-10-25(11-7-22)31(40)41/h4-6,8-9,12-15,17-18,20,25H,2-3,7,10-11,16,19H2,1H3,(H,40,41)(H,36,37,39)/t20-,25?/m1/s1. The molecule has 1 amide bonds. The van der Waals surface area contributed by atoms with E-state index in [4.69, 9.17) is 0 Å². The molecule has 1 aromatic heterocycles. The van der Waals surface area contributed by atoms with Crippen molar-refractivity contribution in [3.63, 3.8) is 0 Å². The first-order valence-corrected chi connectivity index (χ1v) is 13.8.